The molecule has 2 rings (SSSR count). The highest BCUT2D eigenvalue weighted by Crippen LogP contribution is 2.25. The number of primary sulfonamides is 1. The van der Waals surface area contributed by atoms with Crippen LogP contribution in [0.4, 0.5) is 0 Å². The topological polar surface area (TPSA) is 72.2 Å². The number of rotatable bonds is 2. The Morgan fingerprint density at radius 3 is 2.43 bits per heavy atom. The Hall–Kier alpha value is -0.910. The highest BCUT2D eigenvalue weighted by Gasteiger charge is 2.24. The van der Waals surface area contributed by atoms with E-state index in [1.165, 1.54) is 0 Å². The number of hydrogen-bond acceptors (Lipinski definition) is 3. The number of benzene rings is 1. The zero-order valence-corrected chi connectivity index (χ0v) is 8.42. The van der Waals surface area contributed by atoms with Crippen molar-refractivity contribution in [3.05, 3.63) is 29.8 Å². The van der Waals surface area contributed by atoms with Crippen molar-refractivity contribution < 1.29 is 8.42 Å². The molecular formula is C9H12N2O2S. The fourth-order valence-electron chi connectivity index (χ4n) is 1.59. The van der Waals surface area contributed by atoms with Gasteiger partial charge in [-0.1, -0.05) is 18.2 Å². The second-order valence-electron chi connectivity index (χ2n) is 3.44. The molecule has 0 aliphatic carbocycles. The van der Waals surface area contributed by atoms with Crippen molar-refractivity contribution in [1.29, 1.82) is 0 Å². The first-order valence-corrected chi connectivity index (χ1v) is 5.96. The van der Waals surface area contributed by atoms with Crippen LogP contribution in [0.1, 0.15) is 11.5 Å². The Labute approximate surface area is 83.2 Å². The molecule has 1 heterocycles. The van der Waals surface area contributed by atoms with Gasteiger partial charge in [0.15, 0.2) is 0 Å². The predicted molar refractivity (Wildman–Crippen MR) is 53.4 cm³/mol. The molecule has 4 nitrogen and oxygen atoms in total. The summed E-state index contributed by atoms with van der Waals surface area (Å²) in [6.07, 6.45) is 0. The van der Waals surface area contributed by atoms with Gasteiger partial charge in [0.1, 0.15) is 0 Å². The second-order valence-corrected chi connectivity index (χ2v) is 4.97. The van der Waals surface area contributed by atoms with Crippen LogP contribution in [0, 0.1) is 0 Å². The van der Waals surface area contributed by atoms with E-state index in [-0.39, 0.29) is 10.8 Å². The number of sulfonamides is 1. The van der Waals surface area contributed by atoms with Gasteiger partial charge in [-0.05, 0) is 11.6 Å². The highest BCUT2D eigenvalue weighted by molar-refractivity contribution is 7.89. The molecular weight excluding hydrogens is 200 g/mol. The SMILES string of the molecule is NS(=O)(=O)c1ccccc1C1CNC1. The van der Waals surface area contributed by atoms with Gasteiger partial charge >= 0.3 is 0 Å². The Morgan fingerprint density at radius 1 is 1.29 bits per heavy atom. The lowest BCUT2D eigenvalue weighted by molar-refractivity contribution is 0.442. The van der Waals surface area contributed by atoms with E-state index in [4.69, 9.17) is 5.14 Å². The first-order valence-electron chi connectivity index (χ1n) is 4.41. The van der Waals surface area contributed by atoms with Crippen LogP contribution >= 0.6 is 0 Å². The Balaban J connectivity index is 2.48. The summed E-state index contributed by atoms with van der Waals surface area (Å²) < 4.78 is 22.5. The molecule has 0 radical (unpaired) electrons. The molecule has 1 aliphatic rings. The molecule has 1 saturated heterocycles. The molecule has 0 bridgehead atoms. The summed E-state index contributed by atoms with van der Waals surface area (Å²) in [5.41, 5.74) is 0.828. The molecule has 0 unspecified atom stereocenters. The Kier molecular flexibility index (Phi) is 2.30. The smallest absolute Gasteiger partial charge is 0.238 e. The molecule has 0 atom stereocenters. The third-order valence-electron chi connectivity index (χ3n) is 2.45. The molecule has 0 amide bonds. The van der Waals surface area contributed by atoms with Crippen molar-refractivity contribution in [1.82, 2.24) is 5.32 Å². The van der Waals surface area contributed by atoms with Crippen LogP contribution in [0.2, 0.25) is 0 Å². The number of nitrogens with one attached hydrogen (secondary N) is 1. The average Bonchev–Trinajstić information content (AvgIpc) is 2.00. The zero-order valence-electron chi connectivity index (χ0n) is 7.60. The summed E-state index contributed by atoms with van der Waals surface area (Å²) in [5, 5.41) is 8.23. The van der Waals surface area contributed by atoms with Gasteiger partial charge in [0.25, 0.3) is 0 Å². The summed E-state index contributed by atoms with van der Waals surface area (Å²) in [6, 6.07) is 6.91. The van der Waals surface area contributed by atoms with Crippen LogP contribution in [0.15, 0.2) is 29.2 Å². The van der Waals surface area contributed by atoms with Gasteiger partial charge < -0.3 is 5.32 Å². The Bertz CT molecular complexity index is 438. The summed E-state index contributed by atoms with van der Waals surface area (Å²) in [5.74, 6) is 0.282. The van der Waals surface area contributed by atoms with Crippen molar-refractivity contribution in [3.8, 4) is 0 Å². The zero-order chi connectivity index (χ0) is 10.2. The van der Waals surface area contributed by atoms with Crippen LogP contribution in [-0.2, 0) is 10.0 Å². The molecule has 1 fully saturated rings. The van der Waals surface area contributed by atoms with Gasteiger partial charge in [-0.15, -0.1) is 0 Å². The van der Waals surface area contributed by atoms with E-state index in [0.29, 0.717) is 0 Å². The van der Waals surface area contributed by atoms with E-state index >= 15 is 0 Å². The van der Waals surface area contributed by atoms with E-state index in [0.717, 1.165) is 18.7 Å². The molecule has 0 spiro atoms. The van der Waals surface area contributed by atoms with Crippen molar-refractivity contribution in [2.24, 2.45) is 5.14 Å². The fourth-order valence-corrected chi connectivity index (χ4v) is 2.42. The summed E-state index contributed by atoms with van der Waals surface area (Å²) in [6.45, 7) is 1.65. The molecule has 5 heteroatoms. The second kappa shape index (κ2) is 3.34. The lowest BCUT2D eigenvalue weighted by atomic mass is 9.94. The van der Waals surface area contributed by atoms with Gasteiger partial charge in [0.2, 0.25) is 10.0 Å². The molecule has 14 heavy (non-hydrogen) atoms. The lowest BCUT2D eigenvalue weighted by Gasteiger charge is -2.28. The number of hydrogen-bond donors (Lipinski definition) is 2. The number of nitrogens with two attached hydrogens (primary N) is 1. The van der Waals surface area contributed by atoms with Crippen molar-refractivity contribution in [2.45, 2.75) is 10.8 Å². The molecule has 0 saturated carbocycles. The molecule has 3 N–H and O–H groups in total. The third kappa shape index (κ3) is 1.66. The average molecular weight is 212 g/mol. The third-order valence-corrected chi connectivity index (χ3v) is 3.43. The molecule has 1 aromatic rings. The largest absolute Gasteiger partial charge is 0.315 e. The van der Waals surface area contributed by atoms with Crippen molar-refractivity contribution in [3.63, 3.8) is 0 Å². The van der Waals surface area contributed by atoms with Gasteiger partial charge in [0.05, 0.1) is 4.90 Å². The summed E-state index contributed by atoms with van der Waals surface area (Å²) >= 11 is 0. The standard InChI is InChI=1S/C9H12N2O2S/c10-14(12,13)9-4-2-1-3-8(9)7-5-11-6-7/h1-4,7,11H,5-6H2,(H2,10,12,13). The monoisotopic (exact) mass is 212 g/mol. The predicted octanol–water partition coefficient (Wildman–Crippen LogP) is 0.0208. The van der Waals surface area contributed by atoms with E-state index in [2.05, 4.69) is 5.32 Å². The highest BCUT2D eigenvalue weighted by atomic mass is 32.2. The minimum atomic E-state index is -3.58. The fraction of sp³-hybridized carbons (Fsp3) is 0.333. The van der Waals surface area contributed by atoms with Gasteiger partial charge in [0, 0.05) is 19.0 Å². The van der Waals surface area contributed by atoms with Crippen LogP contribution in [0.3, 0.4) is 0 Å². The quantitative estimate of drug-likeness (QED) is 0.726. The lowest BCUT2D eigenvalue weighted by Crippen LogP contribution is -2.40. The maximum absolute atomic E-state index is 11.3. The van der Waals surface area contributed by atoms with Crippen molar-refractivity contribution >= 4 is 10.0 Å². The van der Waals surface area contributed by atoms with E-state index in [1.807, 2.05) is 12.1 Å². The van der Waals surface area contributed by atoms with E-state index < -0.39 is 10.0 Å². The maximum Gasteiger partial charge on any atom is 0.238 e. The first kappa shape index (κ1) is 9.64. The van der Waals surface area contributed by atoms with E-state index in [9.17, 15) is 8.42 Å². The van der Waals surface area contributed by atoms with Crippen LogP contribution in [-0.4, -0.2) is 21.5 Å². The maximum atomic E-state index is 11.3. The molecule has 1 aliphatic heterocycles. The minimum Gasteiger partial charge on any atom is -0.315 e. The van der Waals surface area contributed by atoms with Gasteiger partial charge in [-0.3, -0.25) is 0 Å². The summed E-state index contributed by atoms with van der Waals surface area (Å²) in [4.78, 5) is 0.256. The van der Waals surface area contributed by atoms with Gasteiger partial charge in [-0.25, -0.2) is 13.6 Å². The van der Waals surface area contributed by atoms with Crippen LogP contribution < -0.4 is 10.5 Å². The molecule has 1 aromatic carbocycles. The van der Waals surface area contributed by atoms with Crippen LogP contribution in [0.25, 0.3) is 0 Å². The van der Waals surface area contributed by atoms with E-state index in [1.54, 1.807) is 12.1 Å². The first-order chi connectivity index (χ1) is 6.59. The van der Waals surface area contributed by atoms with Crippen molar-refractivity contribution in [2.75, 3.05) is 13.1 Å². The Morgan fingerprint density at radius 2 is 1.93 bits per heavy atom. The normalized spacial score (nSPS) is 17.8. The van der Waals surface area contributed by atoms with Gasteiger partial charge in [-0.2, -0.15) is 0 Å². The van der Waals surface area contributed by atoms with Crippen LogP contribution in [0.5, 0.6) is 0 Å². The minimum absolute atomic E-state index is 0.256. The summed E-state index contributed by atoms with van der Waals surface area (Å²) in [7, 11) is -3.58. The molecule has 0 aromatic heterocycles. The molecule has 76 valence electrons.